The molecule has 150 valence electrons. The van der Waals surface area contributed by atoms with E-state index >= 15 is 0 Å². The first-order valence-electron chi connectivity index (χ1n) is 9.94. The van der Waals surface area contributed by atoms with E-state index in [1.54, 1.807) is 19.1 Å². The molecule has 0 N–H and O–H groups in total. The molecule has 6 heteroatoms. The van der Waals surface area contributed by atoms with Gasteiger partial charge in [0.2, 0.25) is 5.76 Å². The van der Waals surface area contributed by atoms with E-state index in [1.807, 2.05) is 60.7 Å². The van der Waals surface area contributed by atoms with Crippen LogP contribution in [0.3, 0.4) is 0 Å². The van der Waals surface area contributed by atoms with Gasteiger partial charge < -0.3 is 8.94 Å². The number of hydrogen-bond donors (Lipinski definition) is 0. The molecule has 0 saturated carbocycles. The number of rotatable bonds is 2. The highest BCUT2D eigenvalue weighted by Gasteiger charge is 2.44. The number of carbonyl (C=O) groups is 1. The van der Waals surface area contributed by atoms with Crippen molar-refractivity contribution in [3.8, 4) is 0 Å². The smallest absolute Gasteiger partial charge is 0.296 e. The van der Waals surface area contributed by atoms with Crippen LogP contribution in [0, 0.1) is 6.92 Å². The molecule has 1 aliphatic heterocycles. The van der Waals surface area contributed by atoms with Gasteiger partial charge in [-0.05, 0) is 23.9 Å². The van der Waals surface area contributed by atoms with Crippen LogP contribution in [-0.4, -0.2) is 11.1 Å². The highest BCUT2D eigenvalue weighted by Crippen LogP contribution is 2.41. The van der Waals surface area contributed by atoms with Crippen molar-refractivity contribution in [1.82, 2.24) is 5.16 Å². The summed E-state index contributed by atoms with van der Waals surface area (Å²) in [6.07, 6.45) is 0. The lowest BCUT2D eigenvalue weighted by Gasteiger charge is -2.22. The third-order valence-electron chi connectivity index (χ3n) is 5.74. The molecule has 5 aromatic rings. The van der Waals surface area contributed by atoms with Gasteiger partial charge in [-0.15, -0.1) is 0 Å². The molecular weight excluding hydrogens is 392 g/mol. The van der Waals surface area contributed by atoms with Crippen molar-refractivity contribution in [3.63, 3.8) is 0 Å². The molecule has 3 aromatic carbocycles. The van der Waals surface area contributed by atoms with Gasteiger partial charge in [-0.25, -0.2) is 0 Å². The Labute approximate surface area is 176 Å². The van der Waals surface area contributed by atoms with E-state index in [-0.39, 0.29) is 11.2 Å². The van der Waals surface area contributed by atoms with Crippen LogP contribution in [0.4, 0.5) is 5.82 Å². The highest BCUT2D eigenvalue weighted by atomic mass is 16.5. The number of benzene rings is 3. The normalized spacial score (nSPS) is 15.7. The van der Waals surface area contributed by atoms with Crippen molar-refractivity contribution >= 4 is 33.5 Å². The second-order valence-corrected chi connectivity index (χ2v) is 7.62. The molecule has 3 heterocycles. The van der Waals surface area contributed by atoms with Crippen molar-refractivity contribution < 1.29 is 13.7 Å². The third-order valence-corrected chi connectivity index (χ3v) is 5.74. The van der Waals surface area contributed by atoms with Crippen LogP contribution < -0.4 is 10.3 Å². The summed E-state index contributed by atoms with van der Waals surface area (Å²) < 4.78 is 11.4. The van der Waals surface area contributed by atoms with Crippen LogP contribution >= 0.6 is 0 Å². The Balaban J connectivity index is 1.70. The monoisotopic (exact) mass is 408 g/mol. The van der Waals surface area contributed by atoms with E-state index < -0.39 is 11.9 Å². The summed E-state index contributed by atoms with van der Waals surface area (Å²) in [7, 11) is 0. The van der Waals surface area contributed by atoms with Crippen LogP contribution in [0.2, 0.25) is 0 Å². The summed E-state index contributed by atoms with van der Waals surface area (Å²) >= 11 is 0. The Morgan fingerprint density at radius 3 is 2.45 bits per heavy atom. The Morgan fingerprint density at radius 1 is 0.903 bits per heavy atom. The molecule has 1 atom stereocenters. The Bertz CT molecular complexity index is 1550. The fourth-order valence-electron chi connectivity index (χ4n) is 4.35. The van der Waals surface area contributed by atoms with Crippen LogP contribution in [-0.2, 0) is 0 Å². The zero-order chi connectivity index (χ0) is 21.1. The van der Waals surface area contributed by atoms with Crippen molar-refractivity contribution in [3.05, 3.63) is 106 Å². The first kappa shape index (κ1) is 17.7. The zero-order valence-electron chi connectivity index (χ0n) is 16.5. The minimum absolute atomic E-state index is 0.0448. The number of hydrogen-bond acceptors (Lipinski definition) is 5. The van der Waals surface area contributed by atoms with Crippen LogP contribution in [0.15, 0.2) is 86.5 Å². The minimum atomic E-state index is -0.652. The molecule has 0 fully saturated rings. The summed E-state index contributed by atoms with van der Waals surface area (Å²) in [4.78, 5) is 28.7. The first-order valence-corrected chi connectivity index (χ1v) is 9.94. The highest BCUT2D eigenvalue weighted by molar-refractivity contribution is 6.12. The van der Waals surface area contributed by atoms with Gasteiger partial charge in [-0.3, -0.25) is 14.5 Å². The third kappa shape index (κ3) is 2.48. The van der Waals surface area contributed by atoms with Crippen LogP contribution in [0.5, 0.6) is 0 Å². The van der Waals surface area contributed by atoms with Gasteiger partial charge in [0.25, 0.3) is 5.91 Å². The lowest BCUT2D eigenvalue weighted by molar-refractivity contribution is 0.0969. The molecular formula is C25H16N2O4. The van der Waals surface area contributed by atoms with Gasteiger partial charge >= 0.3 is 0 Å². The van der Waals surface area contributed by atoms with E-state index in [2.05, 4.69) is 5.16 Å². The van der Waals surface area contributed by atoms with E-state index in [4.69, 9.17) is 8.94 Å². The Morgan fingerprint density at radius 2 is 1.68 bits per heavy atom. The summed E-state index contributed by atoms with van der Waals surface area (Å²) in [6.45, 7) is 1.76. The maximum absolute atomic E-state index is 13.7. The first-order chi connectivity index (χ1) is 15.1. The topological polar surface area (TPSA) is 76.6 Å². The van der Waals surface area contributed by atoms with E-state index in [0.29, 0.717) is 28.1 Å². The molecule has 0 bridgehead atoms. The fourth-order valence-corrected chi connectivity index (χ4v) is 4.35. The lowest BCUT2D eigenvalue weighted by Crippen LogP contribution is -2.29. The number of fused-ring (bicyclic) bond motifs is 4. The molecule has 0 radical (unpaired) electrons. The molecule has 0 spiro atoms. The number of aromatic nitrogens is 1. The predicted molar refractivity (Wildman–Crippen MR) is 116 cm³/mol. The summed E-state index contributed by atoms with van der Waals surface area (Å²) in [5.74, 6) is 0.546. The quantitative estimate of drug-likeness (QED) is 0.385. The number of nitrogens with zero attached hydrogens (tertiary/aromatic N) is 2. The fraction of sp³-hybridized carbons (Fsp3) is 0.0800. The molecule has 1 unspecified atom stereocenters. The Kier molecular flexibility index (Phi) is 3.65. The molecule has 31 heavy (non-hydrogen) atoms. The molecule has 2 aromatic heterocycles. The molecule has 0 saturated heterocycles. The Hall–Kier alpha value is -4.19. The van der Waals surface area contributed by atoms with Crippen LogP contribution in [0.25, 0.3) is 21.7 Å². The molecule has 6 rings (SSSR count). The van der Waals surface area contributed by atoms with Crippen LogP contribution in [0.1, 0.15) is 33.5 Å². The van der Waals surface area contributed by atoms with Gasteiger partial charge in [-0.1, -0.05) is 65.8 Å². The number of anilines is 1. The van der Waals surface area contributed by atoms with Gasteiger partial charge in [0.1, 0.15) is 11.3 Å². The number of carbonyl (C=O) groups excluding carboxylic acids is 1. The lowest BCUT2D eigenvalue weighted by atomic mass is 9.97. The van der Waals surface area contributed by atoms with E-state index in [1.165, 1.54) is 4.90 Å². The molecule has 0 aliphatic carbocycles. The molecule has 1 amide bonds. The maximum atomic E-state index is 13.7. The zero-order valence-corrected chi connectivity index (χ0v) is 16.5. The van der Waals surface area contributed by atoms with E-state index in [9.17, 15) is 9.59 Å². The standard InChI is InChI=1S/C25H16N2O4/c1-14-13-19(26-31-14)27-21(16-8-3-2-4-9-16)20-22(28)18-12-11-15-7-5-6-10-17(15)23(18)30-24(20)25(27)29/h2-13,21H,1H3. The summed E-state index contributed by atoms with van der Waals surface area (Å²) in [5.41, 5.74) is 1.31. The van der Waals surface area contributed by atoms with E-state index in [0.717, 1.165) is 16.3 Å². The van der Waals surface area contributed by atoms with Crippen molar-refractivity contribution in [2.75, 3.05) is 4.90 Å². The minimum Gasteiger partial charge on any atom is -0.450 e. The SMILES string of the molecule is Cc1cc(N2C(=O)c3oc4c(ccc5ccccc54)c(=O)c3C2c2ccccc2)no1. The molecule has 1 aliphatic rings. The van der Waals surface area contributed by atoms with Gasteiger partial charge in [-0.2, -0.15) is 0 Å². The largest absolute Gasteiger partial charge is 0.450 e. The second-order valence-electron chi connectivity index (χ2n) is 7.62. The van der Waals surface area contributed by atoms with Gasteiger partial charge in [0.15, 0.2) is 11.2 Å². The van der Waals surface area contributed by atoms with Crippen molar-refractivity contribution in [2.24, 2.45) is 0 Å². The van der Waals surface area contributed by atoms with Gasteiger partial charge in [0, 0.05) is 11.5 Å². The molecule has 6 nitrogen and oxygen atoms in total. The number of aryl methyl sites for hydroxylation is 1. The second kappa shape index (κ2) is 6.40. The average Bonchev–Trinajstić information content (AvgIpc) is 3.35. The summed E-state index contributed by atoms with van der Waals surface area (Å²) in [6, 6.07) is 21.7. The van der Waals surface area contributed by atoms with Crippen molar-refractivity contribution in [2.45, 2.75) is 13.0 Å². The maximum Gasteiger partial charge on any atom is 0.296 e. The predicted octanol–water partition coefficient (Wildman–Crippen LogP) is 4.99. The van der Waals surface area contributed by atoms with Crippen molar-refractivity contribution in [1.29, 1.82) is 0 Å². The average molecular weight is 408 g/mol. The summed E-state index contributed by atoms with van der Waals surface area (Å²) in [5, 5.41) is 6.22. The number of amides is 1. The van der Waals surface area contributed by atoms with Gasteiger partial charge in [0.05, 0.1) is 17.0 Å².